The number of benzene rings is 1. The highest BCUT2D eigenvalue weighted by Gasteiger charge is 2.66. The molecule has 0 aromatic heterocycles. The molecule has 1 unspecified atom stereocenters. The van der Waals surface area contributed by atoms with Gasteiger partial charge in [-0.15, -0.1) is 0 Å². The van der Waals surface area contributed by atoms with Crippen molar-refractivity contribution in [1.29, 1.82) is 0 Å². The number of ketones is 1. The van der Waals surface area contributed by atoms with Gasteiger partial charge in [0.2, 0.25) is 0 Å². The molecule has 4 heteroatoms. The van der Waals surface area contributed by atoms with Crippen molar-refractivity contribution in [2.45, 2.75) is 87.7 Å². The van der Waals surface area contributed by atoms with Crippen LogP contribution in [0.15, 0.2) is 18.2 Å². The summed E-state index contributed by atoms with van der Waals surface area (Å²) in [4.78, 5) is 16.0. The minimum absolute atomic E-state index is 0.00783. The summed E-state index contributed by atoms with van der Waals surface area (Å²) in [5.74, 6) is 2.08. The van der Waals surface area contributed by atoms with E-state index in [0.29, 0.717) is 24.5 Å². The molecule has 2 N–H and O–H groups in total. The number of nitrogens with zero attached hydrogens (tertiary/aromatic N) is 1. The first-order valence-electron chi connectivity index (χ1n) is 12.3. The summed E-state index contributed by atoms with van der Waals surface area (Å²) in [7, 11) is 0. The van der Waals surface area contributed by atoms with E-state index >= 15 is 0 Å². The van der Waals surface area contributed by atoms with Crippen LogP contribution >= 0.6 is 0 Å². The Morgan fingerprint density at radius 3 is 2.67 bits per heavy atom. The highest BCUT2D eigenvalue weighted by molar-refractivity contribution is 5.85. The standard InChI is InChI=1S/C26H35NO3/c28-21-8-7-19-12-24-26(30)14-20(11-17-3-1-2-4-17)23(29)15-25(26,22(19)13-21)9-10-27(24)16-18-5-6-18/h7-8,13,17-18,20,24,28,30H,1-6,9-12,14-16H2/t20-,24+,25?,26+/m0/s1. The topological polar surface area (TPSA) is 60.8 Å². The molecule has 162 valence electrons. The predicted octanol–water partition coefficient (Wildman–Crippen LogP) is 3.96. The lowest BCUT2D eigenvalue weighted by molar-refractivity contribution is -0.183. The molecule has 4 nitrogen and oxygen atoms in total. The van der Waals surface area contributed by atoms with Gasteiger partial charge in [-0.05, 0) is 80.2 Å². The third-order valence-corrected chi connectivity index (χ3v) is 9.44. The molecule has 0 amide bonds. The molecule has 30 heavy (non-hydrogen) atoms. The molecular formula is C26H35NO3. The fraction of sp³-hybridized carbons (Fsp3) is 0.731. The number of carbonyl (C=O) groups is 1. The molecule has 5 aliphatic rings. The van der Waals surface area contributed by atoms with E-state index in [1.54, 1.807) is 6.07 Å². The van der Waals surface area contributed by atoms with E-state index in [0.717, 1.165) is 43.8 Å². The van der Waals surface area contributed by atoms with Crippen LogP contribution in [-0.4, -0.2) is 45.6 Å². The lowest BCUT2D eigenvalue weighted by Crippen LogP contribution is -2.74. The van der Waals surface area contributed by atoms with Crippen LogP contribution in [0.4, 0.5) is 0 Å². The van der Waals surface area contributed by atoms with Crippen LogP contribution in [-0.2, 0) is 16.6 Å². The number of piperidine rings is 1. The van der Waals surface area contributed by atoms with Gasteiger partial charge in [0.1, 0.15) is 11.5 Å². The summed E-state index contributed by atoms with van der Waals surface area (Å²) in [5, 5.41) is 22.8. The van der Waals surface area contributed by atoms with Gasteiger partial charge >= 0.3 is 0 Å². The number of fused-ring (bicyclic) bond motifs is 1. The van der Waals surface area contributed by atoms with Gasteiger partial charge in [-0.25, -0.2) is 0 Å². The molecule has 2 bridgehead atoms. The molecule has 4 aliphatic carbocycles. The highest BCUT2D eigenvalue weighted by Crippen LogP contribution is 2.59. The zero-order valence-corrected chi connectivity index (χ0v) is 18.0. The van der Waals surface area contributed by atoms with Gasteiger partial charge in [-0.3, -0.25) is 9.69 Å². The van der Waals surface area contributed by atoms with E-state index < -0.39 is 11.0 Å². The lowest BCUT2D eigenvalue weighted by Gasteiger charge is -2.64. The number of aromatic hydroxyl groups is 1. The molecule has 0 spiro atoms. The Balaban J connectivity index is 1.40. The fourth-order valence-corrected chi connectivity index (χ4v) is 7.70. The molecule has 0 radical (unpaired) electrons. The zero-order valence-electron chi connectivity index (χ0n) is 18.0. The largest absolute Gasteiger partial charge is 0.508 e. The van der Waals surface area contributed by atoms with Gasteiger partial charge in [-0.2, -0.15) is 0 Å². The Bertz CT molecular complexity index is 858. The van der Waals surface area contributed by atoms with Crippen molar-refractivity contribution in [1.82, 2.24) is 4.90 Å². The van der Waals surface area contributed by atoms with Gasteiger partial charge in [0.05, 0.1) is 5.60 Å². The van der Waals surface area contributed by atoms with E-state index in [1.165, 1.54) is 44.1 Å². The number of hydrogen-bond acceptors (Lipinski definition) is 4. The van der Waals surface area contributed by atoms with Crippen LogP contribution in [0.1, 0.15) is 75.3 Å². The second kappa shape index (κ2) is 6.80. The maximum atomic E-state index is 13.5. The van der Waals surface area contributed by atoms with Gasteiger partial charge in [-0.1, -0.05) is 31.7 Å². The first kappa shape index (κ1) is 19.3. The molecular weight excluding hydrogens is 374 g/mol. The monoisotopic (exact) mass is 409 g/mol. The number of rotatable bonds is 4. The summed E-state index contributed by atoms with van der Waals surface area (Å²) in [6, 6.07) is 5.77. The fourth-order valence-electron chi connectivity index (χ4n) is 7.70. The molecule has 1 aromatic carbocycles. The van der Waals surface area contributed by atoms with E-state index in [9.17, 15) is 15.0 Å². The van der Waals surface area contributed by atoms with Crippen molar-refractivity contribution in [2.75, 3.05) is 13.1 Å². The van der Waals surface area contributed by atoms with Gasteiger partial charge in [0.25, 0.3) is 0 Å². The highest BCUT2D eigenvalue weighted by atomic mass is 16.3. The maximum absolute atomic E-state index is 13.5. The molecule has 1 heterocycles. The summed E-state index contributed by atoms with van der Waals surface area (Å²) in [5.41, 5.74) is 0.899. The number of carbonyl (C=O) groups excluding carboxylic acids is 1. The third kappa shape index (κ3) is 2.82. The number of hydrogen-bond donors (Lipinski definition) is 2. The number of phenols is 1. The number of likely N-dealkylation sites (tertiary alicyclic amines) is 1. The van der Waals surface area contributed by atoms with Crippen molar-refractivity contribution in [3.8, 4) is 5.75 Å². The average Bonchev–Trinajstić information content (AvgIpc) is 3.38. The Morgan fingerprint density at radius 2 is 1.90 bits per heavy atom. The van der Waals surface area contributed by atoms with Crippen molar-refractivity contribution in [3.63, 3.8) is 0 Å². The Hall–Kier alpha value is -1.39. The molecule has 4 fully saturated rings. The lowest BCUT2D eigenvalue weighted by atomic mass is 9.47. The van der Waals surface area contributed by atoms with Crippen molar-refractivity contribution >= 4 is 5.78 Å². The molecule has 1 aromatic rings. The smallest absolute Gasteiger partial charge is 0.137 e. The maximum Gasteiger partial charge on any atom is 0.137 e. The average molecular weight is 410 g/mol. The second-order valence-corrected chi connectivity index (χ2v) is 11.2. The van der Waals surface area contributed by atoms with Crippen molar-refractivity contribution in [3.05, 3.63) is 29.3 Å². The van der Waals surface area contributed by atoms with Crippen LogP contribution in [0.3, 0.4) is 0 Å². The molecule has 6 rings (SSSR count). The van der Waals surface area contributed by atoms with Crippen LogP contribution < -0.4 is 0 Å². The minimum Gasteiger partial charge on any atom is -0.508 e. The first-order valence-corrected chi connectivity index (χ1v) is 12.3. The Kier molecular flexibility index (Phi) is 4.38. The first-order chi connectivity index (χ1) is 14.5. The van der Waals surface area contributed by atoms with Crippen LogP contribution in [0, 0.1) is 17.8 Å². The number of aliphatic hydroxyl groups is 1. The van der Waals surface area contributed by atoms with E-state index in [4.69, 9.17) is 0 Å². The van der Waals surface area contributed by atoms with Gasteiger partial charge < -0.3 is 10.2 Å². The quantitative estimate of drug-likeness (QED) is 0.790. The van der Waals surface area contributed by atoms with Crippen molar-refractivity contribution < 1.29 is 15.0 Å². The number of phenolic OH excluding ortho intramolecular Hbond substituents is 1. The summed E-state index contributed by atoms with van der Waals surface area (Å²) < 4.78 is 0. The molecule has 3 saturated carbocycles. The zero-order chi connectivity index (χ0) is 20.5. The van der Waals surface area contributed by atoms with Crippen LogP contribution in [0.25, 0.3) is 0 Å². The predicted molar refractivity (Wildman–Crippen MR) is 115 cm³/mol. The molecule has 4 atom stereocenters. The normalized spacial score (nSPS) is 39.0. The third-order valence-electron chi connectivity index (χ3n) is 9.44. The second-order valence-electron chi connectivity index (χ2n) is 11.2. The molecule has 1 saturated heterocycles. The van der Waals surface area contributed by atoms with E-state index in [2.05, 4.69) is 4.90 Å². The summed E-state index contributed by atoms with van der Waals surface area (Å²) in [6.45, 7) is 2.05. The van der Waals surface area contributed by atoms with E-state index in [1.807, 2.05) is 12.1 Å². The van der Waals surface area contributed by atoms with E-state index in [-0.39, 0.29) is 17.7 Å². The number of Topliss-reactive ketones (excluding diaryl/α,β-unsaturated/α-hetero) is 1. The summed E-state index contributed by atoms with van der Waals surface area (Å²) in [6.07, 6.45) is 11.4. The minimum atomic E-state index is -0.863. The van der Waals surface area contributed by atoms with Crippen molar-refractivity contribution in [2.24, 2.45) is 17.8 Å². The van der Waals surface area contributed by atoms with Gasteiger partial charge in [0, 0.05) is 30.3 Å². The van der Waals surface area contributed by atoms with Crippen LogP contribution in [0.5, 0.6) is 5.75 Å². The molecule has 1 aliphatic heterocycles. The summed E-state index contributed by atoms with van der Waals surface area (Å²) >= 11 is 0. The Morgan fingerprint density at radius 1 is 1.10 bits per heavy atom. The van der Waals surface area contributed by atoms with Gasteiger partial charge in [0.15, 0.2) is 0 Å². The SMILES string of the molecule is O=C1CC23CCN(CC4CC4)[C@H](Cc4ccc(O)cc42)[C@]3(O)C[C@@H]1CC1CCCC1. The van der Waals surface area contributed by atoms with Crippen LogP contribution in [0.2, 0.25) is 0 Å². The Labute approximate surface area is 179 Å².